The van der Waals surface area contributed by atoms with Gasteiger partial charge in [0.25, 0.3) is 0 Å². The van der Waals surface area contributed by atoms with Crippen LogP contribution >= 0.6 is 11.8 Å². The summed E-state index contributed by atoms with van der Waals surface area (Å²) in [4.78, 5) is 1.03. The molecule has 1 atom stereocenters. The third-order valence-electron chi connectivity index (χ3n) is 3.41. The summed E-state index contributed by atoms with van der Waals surface area (Å²) in [5.74, 6) is 1.56. The summed E-state index contributed by atoms with van der Waals surface area (Å²) in [7, 11) is 1.55. The number of phenolic OH excluding ortho intramolecular Hbond substituents is 1. The van der Waals surface area contributed by atoms with Crippen LogP contribution in [0.25, 0.3) is 0 Å². The molecule has 0 saturated carbocycles. The highest BCUT2D eigenvalue weighted by Crippen LogP contribution is 2.33. The van der Waals surface area contributed by atoms with E-state index in [9.17, 15) is 5.11 Å². The molecule has 0 radical (unpaired) electrons. The normalized spacial score (nSPS) is 14.1. The SMILES string of the molecule is CCCCC(N)(CC)CSc1ccc(OC)c(O)c1. The van der Waals surface area contributed by atoms with Gasteiger partial charge in [0.05, 0.1) is 7.11 Å². The summed E-state index contributed by atoms with van der Waals surface area (Å²) in [5, 5.41) is 9.75. The lowest BCUT2D eigenvalue weighted by Gasteiger charge is -2.27. The van der Waals surface area contributed by atoms with Crippen molar-refractivity contribution in [3.8, 4) is 11.5 Å². The summed E-state index contributed by atoms with van der Waals surface area (Å²) in [6.07, 6.45) is 4.36. The highest BCUT2D eigenvalue weighted by molar-refractivity contribution is 7.99. The van der Waals surface area contributed by atoms with Crippen molar-refractivity contribution in [2.24, 2.45) is 5.73 Å². The molecule has 0 bridgehead atoms. The van der Waals surface area contributed by atoms with E-state index in [4.69, 9.17) is 10.5 Å². The molecule has 1 rings (SSSR count). The van der Waals surface area contributed by atoms with Crippen LogP contribution in [0, 0.1) is 0 Å². The topological polar surface area (TPSA) is 55.5 Å². The van der Waals surface area contributed by atoms with Crippen LogP contribution in [0.4, 0.5) is 0 Å². The molecule has 3 N–H and O–H groups in total. The molecule has 1 aromatic rings. The first-order chi connectivity index (χ1) is 9.04. The van der Waals surface area contributed by atoms with E-state index in [1.54, 1.807) is 31.0 Å². The number of rotatable bonds is 8. The maximum absolute atomic E-state index is 9.75. The highest BCUT2D eigenvalue weighted by Gasteiger charge is 2.22. The third kappa shape index (κ3) is 4.96. The molecule has 108 valence electrons. The molecular weight excluding hydrogens is 258 g/mol. The summed E-state index contributed by atoms with van der Waals surface area (Å²) >= 11 is 1.70. The second-order valence-electron chi connectivity index (χ2n) is 4.94. The number of methoxy groups -OCH3 is 1. The van der Waals surface area contributed by atoms with Gasteiger partial charge >= 0.3 is 0 Å². The Labute approximate surface area is 120 Å². The fourth-order valence-electron chi connectivity index (χ4n) is 1.87. The molecule has 19 heavy (non-hydrogen) atoms. The van der Waals surface area contributed by atoms with E-state index in [0.29, 0.717) is 5.75 Å². The lowest BCUT2D eigenvalue weighted by Crippen LogP contribution is -2.41. The highest BCUT2D eigenvalue weighted by atomic mass is 32.2. The van der Waals surface area contributed by atoms with Gasteiger partial charge in [-0.05, 0) is 31.0 Å². The number of aromatic hydroxyl groups is 1. The number of nitrogens with two attached hydrogens (primary N) is 1. The molecule has 1 aromatic carbocycles. The Balaban J connectivity index is 2.61. The van der Waals surface area contributed by atoms with Gasteiger partial charge in [0.15, 0.2) is 11.5 Å². The minimum Gasteiger partial charge on any atom is -0.504 e. The minimum atomic E-state index is -0.115. The van der Waals surface area contributed by atoms with Gasteiger partial charge in [0.1, 0.15) is 0 Å². The van der Waals surface area contributed by atoms with Crippen molar-refractivity contribution < 1.29 is 9.84 Å². The number of hydrogen-bond acceptors (Lipinski definition) is 4. The van der Waals surface area contributed by atoms with Gasteiger partial charge in [0.2, 0.25) is 0 Å². The molecule has 4 heteroatoms. The lowest BCUT2D eigenvalue weighted by atomic mass is 9.93. The maximum atomic E-state index is 9.75. The average molecular weight is 283 g/mol. The van der Waals surface area contributed by atoms with E-state index < -0.39 is 0 Å². The van der Waals surface area contributed by atoms with Crippen LogP contribution in [0.15, 0.2) is 23.1 Å². The second-order valence-corrected chi connectivity index (χ2v) is 5.99. The van der Waals surface area contributed by atoms with Gasteiger partial charge < -0.3 is 15.6 Å². The van der Waals surface area contributed by atoms with Crippen LogP contribution in [0.1, 0.15) is 39.5 Å². The Bertz CT molecular complexity index is 398. The average Bonchev–Trinajstić information content (AvgIpc) is 2.43. The molecule has 0 fully saturated rings. The van der Waals surface area contributed by atoms with Crippen LogP contribution in [-0.2, 0) is 0 Å². The smallest absolute Gasteiger partial charge is 0.160 e. The van der Waals surface area contributed by atoms with E-state index in [1.165, 1.54) is 12.8 Å². The molecule has 1 unspecified atom stereocenters. The lowest BCUT2D eigenvalue weighted by molar-refractivity contribution is 0.372. The molecule has 0 aliphatic carbocycles. The van der Waals surface area contributed by atoms with Crippen molar-refractivity contribution >= 4 is 11.8 Å². The third-order valence-corrected chi connectivity index (χ3v) is 4.72. The molecule has 0 spiro atoms. The molecule has 3 nitrogen and oxygen atoms in total. The van der Waals surface area contributed by atoms with Gasteiger partial charge in [0, 0.05) is 16.2 Å². The molecule has 0 aromatic heterocycles. The van der Waals surface area contributed by atoms with E-state index in [1.807, 2.05) is 6.07 Å². The Morgan fingerprint density at radius 2 is 2.11 bits per heavy atom. The van der Waals surface area contributed by atoms with E-state index in [2.05, 4.69) is 13.8 Å². The van der Waals surface area contributed by atoms with Gasteiger partial charge in [-0.3, -0.25) is 0 Å². The predicted octanol–water partition coefficient (Wildman–Crippen LogP) is 3.79. The first kappa shape index (κ1) is 16.2. The predicted molar refractivity (Wildman–Crippen MR) is 82.1 cm³/mol. The number of hydrogen-bond donors (Lipinski definition) is 2. The molecular formula is C15H25NO2S. The first-order valence-electron chi connectivity index (χ1n) is 6.83. The quantitative estimate of drug-likeness (QED) is 0.713. The number of thioether (sulfide) groups is 1. The first-order valence-corrected chi connectivity index (χ1v) is 7.82. The maximum Gasteiger partial charge on any atom is 0.160 e. The minimum absolute atomic E-state index is 0.115. The molecule has 0 amide bonds. The fraction of sp³-hybridized carbons (Fsp3) is 0.600. The Morgan fingerprint density at radius 3 is 2.63 bits per heavy atom. The molecule has 0 heterocycles. The van der Waals surface area contributed by atoms with Crippen LogP contribution in [0.5, 0.6) is 11.5 Å². The van der Waals surface area contributed by atoms with Crippen LogP contribution in [0.3, 0.4) is 0 Å². The molecule has 0 aliphatic heterocycles. The number of unbranched alkanes of at least 4 members (excludes halogenated alkanes) is 1. The van der Waals surface area contributed by atoms with Crippen LogP contribution < -0.4 is 10.5 Å². The van der Waals surface area contributed by atoms with Gasteiger partial charge in [-0.1, -0.05) is 26.7 Å². The van der Waals surface area contributed by atoms with Crippen molar-refractivity contribution in [1.29, 1.82) is 0 Å². The fourth-order valence-corrected chi connectivity index (χ4v) is 3.03. The monoisotopic (exact) mass is 283 g/mol. The summed E-state index contributed by atoms with van der Waals surface area (Å²) in [5.41, 5.74) is 6.30. The largest absolute Gasteiger partial charge is 0.504 e. The zero-order valence-corrected chi connectivity index (χ0v) is 12.9. The zero-order valence-electron chi connectivity index (χ0n) is 12.1. The van der Waals surface area contributed by atoms with Gasteiger partial charge in [-0.25, -0.2) is 0 Å². The Hall–Kier alpha value is -0.870. The van der Waals surface area contributed by atoms with E-state index in [0.717, 1.165) is 23.5 Å². The molecule has 0 saturated heterocycles. The zero-order chi connectivity index (χ0) is 14.3. The van der Waals surface area contributed by atoms with Crippen LogP contribution in [0.2, 0.25) is 0 Å². The summed E-state index contributed by atoms with van der Waals surface area (Å²) in [6.45, 7) is 4.33. The summed E-state index contributed by atoms with van der Waals surface area (Å²) < 4.78 is 5.04. The van der Waals surface area contributed by atoms with Gasteiger partial charge in [-0.2, -0.15) is 0 Å². The van der Waals surface area contributed by atoms with Crippen LogP contribution in [-0.4, -0.2) is 23.5 Å². The van der Waals surface area contributed by atoms with Crippen molar-refractivity contribution in [3.05, 3.63) is 18.2 Å². The number of benzene rings is 1. The van der Waals surface area contributed by atoms with E-state index in [-0.39, 0.29) is 11.3 Å². The van der Waals surface area contributed by atoms with Crippen molar-refractivity contribution in [1.82, 2.24) is 0 Å². The number of phenols is 1. The standard InChI is InChI=1S/C15H25NO2S/c1-4-6-9-15(16,5-2)11-19-12-7-8-14(18-3)13(17)10-12/h7-8,10,17H,4-6,9,11,16H2,1-3H3. The number of ether oxygens (including phenoxy) is 1. The Morgan fingerprint density at radius 1 is 1.37 bits per heavy atom. The van der Waals surface area contributed by atoms with Gasteiger partial charge in [-0.15, -0.1) is 11.8 Å². The second kappa shape index (κ2) is 7.65. The van der Waals surface area contributed by atoms with Crippen molar-refractivity contribution in [2.75, 3.05) is 12.9 Å². The Kier molecular flexibility index (Phi) is 6.52. The molecule has 0 aliphatic rings. The van der Waals surface area contributed by atoms with E-state index >= 15 is 0 Å². The van der Waals surface area contributed by atoms with Crippen molar-refractivity contribution in [2.45, 2.75) is 50.0 Å². The summed E-state index contributed by atoms with van der Waals surface area (Å²) in [6, 6.07) is 5.48. The van der Waals surface area contributed by atoms with Crippen molar-refractivity contribution in [3.63, 3.8) is 0 Å².